The lowest BCUT2D eigenvalue weighted by Gasteiger charge is -2.02. The molecule has 0 saturated carbocycles. The van der Waals surface area contributed by atoms with E-state index in [2.05, 4.69) is 10.3 Å². The number of aromatic nitrogens is 1. The third-order valence-corrected chi connectivity index (χ3v) is 5.76. The monoisotopic (exact) mass is 462 g/mol. The zero-order valence-electron chi connectivity index (χ0n) is 14.8. The van der Waals surface area contributed by atoms with Crippen LogP contribution < -0.4 is 5.32 Å². The highest BCUT2D eigenvalue weighted by Crippen LogP contribution is 2.32. The number of nitrogens with one attached hydrogen (secondary N) is 1. The van der Waals surface area contributed by atoms with Gasteiger partial charge in [0.2, 0.25) is 0 Å². The first-order chi connectivity index (χ1) is 14.0. The summed E-state index contributed by atoms with van der Waals surface area (Å²) in [7, 11) is 0. The molecule has 4 rings (SSSR count). The lowest BCUT2D eigenvalue weighted by Crippen LogP contribution is -2.10. The Morgan fingerprint density at radius 1 is 1.03 bits per heavy atom. The molecular formula is C21H13Cl3N2O2S. The summed E-state index contributed by atoms with van der Waals surface area (Å²) in [5.41, 5.74) is 1.74. The van der Waals surface area contributed by atoms with E-state index < -0.39 is 0 Å². The SMILES string of the molecule is O=C(Nc1ncc(Cc2cccc(Cl)c2)s1)c1ccc(-c2ccc(Cl)cc2Cl)o1. The summed E-state index contributed by atoms with van der Waals surface area (Å²) in [4.78, 5) is 17.8. The van der Waals surface area contributed by atoms with Crippen molar-refractivity contribution < 1.29 is 9.21 Å². The summed E-state index contributed by atoms with van der Waals surface area (Å²) in [5.74, 6) is 0.264. The van der Waals surface area contributed by atoms with Crippen molar-refractivity contribution in [3.63, 3.8) is 0 Å². The average molecular weight is 464 g/mol. The van der Waals surface area contributed by atoms with Crippen LogP contribution in [0.3, 0.4) is 0 Å². The molecule has 0 aliphatic rings. The van der Waals surface area contributed by atoms with Gasteiger partial charge < -0.3 is 4.42 Å². The van der Waals surface area contributed by atoms with Crippen molar-refractivity contribution >= 4 is 57.2 Å². The van der Waals surface area contributed by atoms with Crippen LogP contribution in [0.15, 0.2) is 65.2 Å². The first kappa shape index (κ1) is 20.0. The Morgan fingerprint density at radius 2 is 1.86 bits per heavy atom. The third-order valence-electron chi connectivity index (χ3n) is 4.07. The molecule has 2 aromatic heterocycles. The Balaban J connectivity index is 1.45. The maximum Gasteiger partial charge on any atom is 0.293 e. The van der Waals surface area contributed by atoms with E-state index in [1.807, 2.05) is 24.3 Å². The molecule has 0 saturated heterocycles. The number of hydrogen-bond acceptors (Lipinski definition) is 4. The van der Waals surface area contributed by atoms with Gasteiger partial charge in [-0.1, -0.05) is 46.9 Å². The van der Waals surface area contributed by atoms with Crippen LogP contribution in [-0.2, 0) is 6.42 Å². The smallest absolute Gasteiger partial charge is 0.293 e. The molecule has 0 radical (unpaired) electrons. The normalized spacial score (nSPS) is 10.9. The number of furan rings is 1. The molecule has 0 spiro atoms. The van der Waals surface area contributed by atoms with Crippen molar-refractivity contribution in [1.82, 2.24) is 4.98 Å². The van der Waals surface area contributed by atoms with Gasteiger partial charge in [0.1, 0.15) is 5.76 Å². The predicted molar refractivity (Wildman–Crippen MR) is 118 cm³/mol. The number of nitrogens with zero attached hydrogens (tertiary/aromatic N) is 1. The van der Waals surface area contributed by atoms with Crippen LogP contribution in [0, 0.1) is 0 Å². The highest BCUT2D eigenvalue weighted by Gasteiger charge is 2.16. The van der Waals surface area contributed by atoms with Gasteiger partial charge in [-0.25, -0.2) is 4.98 Å². The maximum absolute atomic E-state index is 12.5. The number of carbonyl (C=O) groups is 1. The van der Waals surface area contributed by atoms with Crippen molar-refractivity contribution in [2.45, 2.75) is 6.42 Å². The zero-order valence-corrected chi connectivity index (χ0v) is 17.9. The van der Waals surface area contributed by atoms with E-state index in [1.165, 1.54) is 11.3 Å². The van der Waals surface area contributed by atoms with Crippen molar-refractivity contribution in [3.8, 4) is 11.3 Å². The second kappa shape index (κ2) is 8.59. The first-order valence-corrected chi connectivity index (χ1v) is 10.5. The maximum atomic E-state index is 12.5. The van der Waals surface area contributed by atoms with E-state index >= 15 is 0 Å². The van der Waals surface area contributed by atoms with Crippen LogP contribution >= 0.6 is 46.1 Å². The number of amides is 1. The van der Waals surface area contributed by atoms with Crippen molar-refractivity contribution in [3.05, 3.63) is 92.1 Å². The van der Waals surface area contributed by atoms with E-state index in [4.69, 9.17) is 39.2 Å². The van der Waals surface area contributed by atoms with E-state index in [-0.39, 0.29) is 11.7 Å². The Hall–Kier alpha value is -2.31. The number of benzene rings is 2. The lowest BCUT2D eigenvalue weighted by molar-refractivity contribution is 0.0997. The predicted octanol–water partition coefficient (Wildman–Crippen LogP) is 7.21. The van der Waals surface area contributed by atoms with Crippen LogP contribution in [0.25, 0.3) is 11.3 Å². The highest BCUT2D eigenvalue weighted by atomic mass is 35.5. The summed E-state index contributed by atoms with van der Waals surface area (Å²) >= 11 is 19.5. The van der Waals surface area contributed by atoms with Gasteiger partial charge in [0.15, 0.2) is 10.9 Å². The fourth-order valence-electron chi connectivity index (χ4n) is 2.75. The zero-order chi connectivity index (χ0) is 20.4. The Kier molecular flexibility index (Phi) is 5.92. The topological polar surface area (TPSA) is 55.1 Å². The first-order valence-electron chi connectivity index (χ1n) is 8.54. The highest BCUT2D eigenvalue weighted by molar-refractivity contribution is 7.15. The van der Waals surface area contributed by atoms with Gasteiger partial charge >= 0.3 is 0 Å². The minimum atomic E-state index is -0.384. The molecule has 2 aromatic carbocycles. The molecule has 29 heavy (non-hydrogen) atoms. The molecule has 4 aromatic rings. The van der Waals surface area contributed by atoms with Crippen molar-refractivity contribution in [2.24, 2.45) is 0 Å². The van der Waals surface area contributed by atoms with E-state index in [0.717, 1.165) is 10.4 Å². The number of halogens is 3. The van der Waals surface area contributed by atoms with E-state index in [9.17, 15) is 4.79 Å². The molecule has 0 unspecified atom stereocenters. The minimum absolute atomic E-state index is 0.164. The minimum Gasteiger partial charge on any atom is -0.451 e. The summed E-state index contributed by atoms with van der Waals surface area (Å²) in [6, 6.07) is 16.0. The Bertz CT molecular complexity index is 1190. The van der Waals surface area contributed by atoms with Gasteiger partial charge in [0.05, 0.1) is 5.02 Å². The summed E-state index contributed by atoms with van der Waals surface area (Å²) in [6.07, 6.45) is 2.43. The third kappa shape index (κ3) is 4.82. The second-order valence-electron chi connectivity index (χ2n) is 6.18. The number of anilines is 1. The van der Waals surface area contributed by atoms with Gasteiger partial charge in [0.25, 0.3) is 5.91 Å². The lowest BCUT2D eigenvalue weighted by atomic mass is 10.1. The molecule has 1 N–H and O–H groups in total. The van der Waals surface area contributed by atoms with Crippen LogP contribution in [0.5, 0.6) is 0 Å². The average Bonchev–Trinajstić information content (AvgIpc) is 3.32. The summed E-state index contributed by atoms with van der Waals surface area (Å²) in [5, 5.41) is 4.92. The molecule has 1 amide bonds. The second-order valence-corrected chi connectivity index (χ2v) is 8.58. The summed E-state index contributed by atoms with van der Waals surface area (Å²) < 4.78 is 5.66. The van der Waals surface area contributed by atoms with Gasteiger partial charge in [-0.2, -0.15) is 0 Å². The fourth-order valence-corrected chi connectivity index (χ4v) is 4.30. The largest absolute Gasteiger partial charge is 0.451 e. The number of rotatable bonds is 5. The molecule has 8 heteroatoms. The van der Waals surface area contributed by atoms with Crippen LogP contribution in [0.1, 0.15) is 21.0 Å². The molecule has 0 bridgehead atoms. The van der Waals surface area contributed by atoms with E-state index in [1.54, 1.807) is 36.5 Å². The van der Waals surface area contributed by atoms with Crippen molar-refractivity contribution in [1.29, 1.82) is 0 Å². The molecule has 0 atom stereocenters. The Labute approximate surface area is 186 Å². The standard InChI is InChI=1S/C21H13Cl3N2O2S/c22-13-3-1-2-12(8-13)9-15-11-25-21(29-15)26-20(27)19-7-6-18(28-19)16-5-4-14(23)10-17(16)24/h1-8,10-11H,9H2,(H,25,26,27). The van der Waals surface area contributed by atoms with E-state index in [0.29, 0.717) is 37.9 Å². The number of carbonyl (C=O) groups excluding carboxylic acids is 1. The number of hydrogen-bond donors (Lipinski definition) is 1. The van der Waals surface area contributed by atoms with Crippen LogP contribution in [0.2, 0.25) is 15.1 Å². The molecule has 0 fully saturated rings. The van der Waals surface area contributed by atoms with Gasteiger partial charge in [-0.15, -0.1) is 11.3 Å². The number of thiazole rings is 1. The van der Waals surface area contributed by atoms with Gasteiger partial charge in [0, 0.05) is 33.1 Å². The summed E-state index contributed by atoms with van der Waals surface area (Å²) in [6.45, 7) is 0. The van der Waals surface area contributed by atoms with Crippen LogP contribution in [-0.4, -0.2) is 10.9 Å². The molecular weight excluding hydrogens is 451 g/mol. The molecule has 0 aliphatic carbocycles. The van der Waals surface area contributed by atoms with Gasteiger partial charge in [-0.05, 0) is 48.0 Å². The molecule has 0 aliphatic heterocycles. The van der Waals surface area contributed by atoms with Crippen LogP contribution in [0.4, 0.5) is 5.13 Å². The molecule has 4 nitrogen and oxygen atoms in total. The quantitative estimate of drug-likeness (QED) is 0.340. The Morgan fingerprint density at radius 3 is 2.66 bits per heavy atom. The van der Waals surface area contributed by atoms with Gasteiger partial charge in [-0.3, -0.25) is 10.1 Å². The fraction of sp³-hybridized carbons (Fsp3) is 0.0476. The molecule has 146 valence electrons. The molecule has 2 heterocycles. The van der Waals surface area contributed by atoms with Crippen molar-refractivity contribution in [2.75, 3.05) is 5.32 Å².